The highest BCUT2D eigenvalue weighted by molar-refractivity contribution is 5.91. The molecule has 43 heavy (non-hydrogen) atoms. The van der Waals surface area contributed by atoms with E-state index in [0.29, 0.717) is 54.3 Å². The van der Waals surface area contributed by atoms with Crippen molar-refractivity contribution in [3.05, 3.63) is 81.8 Å². The first kappa shape index (κ1) is 33.3. The van der Waals surface area contributed by atoms with Gasteiger partial charge in [0, 0.05) is 18.6 Å². The molecule has 0 aromatic heterocycles. The second kappa shape index (κ2) is 14.0. The number of esters is 1. The fourth-order valence-corrected chi connectivity index (χ4v) is 7.54. The van der Waals surface area contributed by atoms with Gasteiger partial charge in [-0.2, -0.15) is 10.5 Å². The Balaban J connectivity index is 1.46. The molecular weight excluding hydrogens is 544 g/mol. The van der Waals surface area contributed by atoms with Crippen LogP contribution in [0.15, 0.2) is 65.8 Å². The van der Waals surface area contributed by atoms with Crippen LogP contribution < -0.4 is 10.5 Å². The van der Waals surface area contributed by atoms with Crippen molar-refractivity contribution in [2.75, 3.05) is 0 Å². The molecule has 8 nitrogen and oxygen atoms in total. The van der Waals surface area contributed by atoms with Gasteiger partial charge in [-0.05, 0) is 85.5 Å². The monoisotopic (exact) mass is 594 g/mol. The third kappa shape index (κ3) is 7.74. The third-order valence-corrected chi connectivity index (χ3v) is 10.5. The number of quaternary nitrogens is 2. The van der Waals surface area contributed by atoms with Gasteiger partial charge in [-0.25, -0.2) is 15.2 Å². The van der Waals surface area contributed by atoms with E-state index in [1.165, 1.54) is 31.3 Å². The smallest absolute Gasteiger partial charge is 0.338 e. The first-order valence-electron chi connectivity index (χ1n) is 15.9. The Morgan fingerprint density at radius 2 is 1.70 bits per heavy atom. The fraction of sp³-hybridized carbons (Fsp3) is 0.571. The Morgan fingerprint density at radius 3 is 2.33 bits per heavy atom. The molecule has 0 bridgehead atoms. The van der Waals surface area contributed by atoms with Gasteiger partial charge in [0.1, 0.15) is 6.10 Å². The van der Waals surface area contributed by atoms with E-state index in [9.17, 15) is 25.6 Å². The first-order chi connectivity index (χ1) is 20.3. The molecule has 0 spiro atoms. The van der Waals surface area contributed by atoms with Crippen LogP contribution >= 0.6 is 0 Å². The van der Waals surface area contributed by atoms with Crippen molar-refractivity contribution >= 4 is 17.3 Å². The third-order valence-electron chi connectivity index (χ3n) is 10.5. The topological polar surface area (TPSA) is 122 Å². The Hall–Kier alpha value is -2.59. The highest BCUT2D eigenvalue weighted by Crippen LogP contribution is 2.59. The number of allylic oxidation sites excluding steroid dienone is 6. The van der Waals surface area contributed by atoms with Gasteiger partial charge in [0.2, 0.25) is 0 Å². The number of benzene rings is 1. The molecule has 0 saturated heterocycles. The van der Waals surface area contributed by atoms with Gasteiger partial charge in [0.25, 0.3) is 0 Å². The number of hydrogen-bond acceptors (Lipinski definition) is 6. The molecule has 0 aliphatic heterocycles. The van der Waals surface area contributed by atoms with E-state index in [1.807, 2.05) is 0 Å². The number of carbonyl (C=O) groups excluding carboxylic acids is 1. The summed E-state index contributed by atoms with van der Waals surface area (Å²) in [6.07, 6.45) is 16.9. The van der Waals surface area contributed by atoms with Crippen molar-refractivity contribution in [2.45, 2.75) is 92.1 Å². The first-order valence-corrected chi connectivity index (χ1v) is 15.9. The van der Waals surface area contributed by atoms with E-state index in [0.717, 1.165) is 35.8 Å². The van der Waals surface area contributed by atoms with Gasteiger partial charge >= 0.3 is 5.97 Å². The summed E-state index contributed by atoms with van der Waals surface area (Å²) in [7, 11) is 0. The SMILES string of the molecule is C=C1CC[C@@H](OC(=O)c2cc([NH+]([O-])O)cc([NH+]([O-])O)c2)CC1=CC=C1CCC[C@@]2(C)[C@@H]1CC[C@@H]2[C@@H](C)C=C[C@H](C)C(C)C. The van der Waals surface area contributed by atoms with E-state index >= 15 is 0 Å². The van der Waals surface area contributed by atoms with Gasteiger partial charge in [0.15, 0.2) is 11.4 Å². The van der Waals surface area contributed by atoms with Crippen LogP contribution in [-0.4, -0.2) is 22.5 Å². The minimum absolute atomic E-state index is 0.0747. The van der Waals surface area contributed by atoms with Crippen LogP contribution in [0.4, 0.5) is 11.4 Å². The predicted octanol–water partition coefficient (Wildman–Crippen LogP) is 6.31. The zero-order valence-electron chi connectivity index (χ0n) is 26.4. The van der Waals surface area contributed by atoms with E-state index in [2.05, 4.69) is 65.5 Å². The molecule has 4 N–H and O–H groups in total. The predicted molar refractivity (Wildman–Crippen MR) is 167 cm³/mol. The average Bonchev–Trinajstić information content (AvgIpc) is 3.33. The maximum absolute atomic E-state index is 13.0. The largest absolute Gasteiger partial charge is 0.595 e. The second-order valence-electron chi connectivity index (χ2n) is 13.7. The highest BCUT2D eigenvalue weighted by atomic mass is 16.8. The van der Waals surface area contributed by atoms with Crippen molar-refractivity contribution in [1.29, 1.82) is 0 Å². The summed E-state index contributed by atoms with van der Waals surface area (Å²) in [6.45, 7) is 16.1. The standard InChI is InChI=1S/C35H50N2O6/c1-22(2)23(3)9-10-25(5)32-15-16-33-26(8-7-17-35(32,33)6)12-13-27-20-31(14-11-24(27)4)43-34(38)28-18-29(36(39)40)21-30(19-28)37(41)42/h9-10,12-13,18-19,21-23,25,31-33,36-37,39,41H,4,7-8,11,14-17,20H2,1-3,5-6H3/t23-,25-,31+,32+,33+,35+/m0/s1. The molecule has 1 aromatic carbocycles. The summed E-state index contributed by atoms with van der Waals surface area (Å²) < 4.78 is 5.76. The van der Waals surface area contributed by atoms with Crippen LogP contribution in [0.5, 0.6) is 0 Å². The maximum Gasteiger partial charge on any atom is 0.338 e. The van der Waals surface area contributed by atoms with Crippen LogP contribution in [0.25, 0.3) is 0 Å². The molecule has 3 aliphatic rings. The van der Waals surface area contributed by atoms with Crippen LogP contribution in [0.1, 0.15) is 96.3 Å². The Kier molecular flexibility index (Phi) is 10.9. The molecule has 3 aliphatic carbocycles. The number of nitrogens with one attached hydrogen (secondary N) is 2. The van der Waals surface area contributed by atoms with Crippen molar-refractivity contribution in [2.24, 2.45) is 35.0 Å². The normalized spacial score (nSPS) is 30.9. The van der Waals surface area contributed by atoms with E-state index in [-0.39, 0.29) is 16.9 Å². The summed E-state index contributed by atoms with van der Waals surface area (Å²) >= 11 is 0. The number of carbonyl (C=O) groups is 1. The lowest BCUT2D eigenvalue weighted by Crippen LogP contribution is -3.00. The van der Waals surface area contributed by atoms with Crippen molar-refractivity contribution < 1.29 is 30.4 Å². The molecule has 8 atom stereocenters. The number of ether oxygens (including phenoxy) is 1. The van der Waals surface area contributed by atoms with Gasteiger partial charge in [0.05, 0.1) is 11.6 Å². The minimum Gasteiger partial charge on any atom is -0.595 e. The summed E-state index contributed by atoms with van der Waals surface area (Å²) in [5.41, 5.74) is 3.34. The van der Waals surface area contributed by atoms with E-state index < -0.39 is 22.5 Å². The Morgan fingerprint density at radius 1 is 1.02 bits per heavy atom. The number of rotatable bonds is 9. The molecule has 0 radical (unpaired) electrons. The van der Waals surface area contributed by atoms with E-state index in [4.69, 9.17) is 4.74 Å². The maximum atomic E-state index is 13.0. The molecule has 0 heterocycles. The fourth-order valence-electron chi connectivity index (χ4n) is 7.54. The zero-order valence-corrected chi connectivity index (χ0v) is 26.4. The lowest BCUT2D eigenvalue weighted by Gasteiger charge is -2.44. The lowest BCUT2D eigenvalue weighted by molar-refractivity contribution is -0.996. The summed E-state index contributed by atoms with van der Waals surface area (Å²) in [5.74, 6) is 2.34. The molecule has 2 unspecified atom stereocenters. The second-order valence-corrected chi connectivity index (χ2v) is 13.7. The van der Waals surface area contributed by atoms with Gasteiger partial charge < -0.3 is 15.2 Å². The van der Waals surface area contributed by atoms with Gasteiger partial charge in [-0.3, -0.25) is 0 Å². The molecule has 1 aromatic rings. The molecule has 4 rings (SSSR count). The van der Waals surface area contributed by atoms with Crippen LogP contribution in [-0.2, 0) is 4.74 Å². The summed E-state index contributed by atoms with van der Waals surface area (Å²) in [6, 6.07) is 3.36. The van der Waals surface area contributed by atoms with Crippen LogP contribution in [0.2, 0.25) is 0 Å². The van der Waals surface area contributed by atoms with Crippen LogP contribution in [0, 0.1) is 45.4 Å². The number of hydrogen-bond donors (Lipinski definition) is 4. The highest BCUT2D eigenvalue weighted by Gasteiger charge is 2.50. The van der Waals surface area contributed by atoms with Gasteiger partial charge in [-0.1, -0.05) is 76.6 Å². The van der Waals surface area contributed by atoms with Crippen molar-refractivity contribution in [3.63, 3.8) is 0 Å². The molecule has 3 saturated carbocycles. The molecule has 236 valence electrons. The Labute approximate surface area is 256 Å². The molecule has 0 amide bonds. The molecule has 3 fully saturated rings. The zero-order chi connectivity index (χ0) is 31.5. The quantitative estimate of drug-likeness (QED) is 0.151. The van der Waals surface area contributed by atoms with Crippen molar-refractivity contribution in [1.82, 2.24) is 0 Å². The summed E-state index contributed by atoms with van der Waals surface area (Å²) in [4.78, 5) is 13.0. The Bertz CT molecular complexity index is 1240. The molecule has 8 heteroatoms. The van der Waals surface area contributed by atoms with Gasteiger partial charge in [-0.15, -0.1) is 0 Å². The number of fused-ring (bicyclic) bond motifs is 1. The average molecular weight is 595 g/mol. The van der Waals surface area contributed by atoms with Crippen molar-refractivity contribution in [3.8, 4) is 0 Å². The molecular formula is C35H50N2O6. The van der Waals surface area contributed by atoms with Crippen LogP contribution in [0.3, 0.4) is 0 Å². The minimum atomic E-state index is -1.30. The van der Waals surface area contributed by atoms with E-state index in [1.54, 1.807) is 0 Å². The summed E-state index contributed by atoms with van der Waals surface area (Å²) in [5, 5.41) is 39.0. The lowest BCUT2D eigenvalue weighted by atomic mass is 9.61.